The monoisotopic (exact) mass is 167 g/mol. The van der Waals surface area contributed by atoms with Crippen LogP contribution in [0, 0.1) is 0 Å². The Morgan fingerprint density at radius 1 is 1.75 bits per heavy atom. The van der Waals surface area contributed by atoms with Crippen LogP contribution in [0.5, 0.6) is 0 Å². The van der Waals surface area contributed by atoms with Gasteiger partial charge in [0.2, 0.25) is 0 Å². The average Bonchev–Trinajstić information content (AvgIpc) is 2.32. The fourth-order valence-electron chi connectivity index (χ4n) is 1.13. The van der Waals surface area contributed by atoms with E-state index in [1.54, 1.807) is 13.0 Å². The third kappa shape index (κ3) is 1.67. The van der Waals surface area contributed by atoms with Crippen LogP contribution in [0.4, 0.5) is 0 Å². The molecule has 0 spiro atoms. The number of hydrogen-bond donors (Lipinski definition) is 1. The summed E-state index contributed by atoms with van der Waals surface area (Å²) in [6.07, 6.45) is 2.51. The summed E-state index contributed by atoms with van der Waals surface area (Å²) in [6, 6.07) is 0. The van der Waals surface area contributed by atoms with Crippen LogP contribution in [-0.4, -0.2) is 12.6 Å². The molecule has 3 nitrogen and oxygen atoms in total. The van der Waals surface area contributed by atoms with Crippen molar-refractivity contribution in [1.82, 2.24) is 0 Å². The Morgan fingerprint density at radius 2 is 2.42 bits per heavy atom. The van der Waals surface area contributed by atoms with Gasteiger partial charge in [-0.3, -0.25) is 0 Å². The van der Waals surface area contributed by atoms with Gasteiger partial charge in [-0.1, -0.05) is 6.92 Å². The van der Waals surface area contributed by atoms with Crippen molar-refractivity contribution in [3.8, 4) is 0 Å². The lowest BCUT2D eigenvalue weighted by atomic mass is 10.1. The molecule has 1 aliphatic heterocycles. The molecule has 0 saturated carbocycles. The third-order valence-corrected chi connectivity index (χ3v) is 1.78. The lowest BCUT2D eigenvalue weighted by Crippen LogP contribution is -1.99. The molecule has 1 rings (SSSR count). The standard InChI is InChI=1S/C9H13NO2/c1-3-7-5-12-9(11)8(7)4-6(2)10/h4H,3,5,10H2,1-2H3/b6-4+. The first-order chi connectivity index (χ1) is 5.65. The van der Waals surface area contributed by atoms with Gasteiger partial charge in [-0.05, 0) is 25.0 Å². The van der Waals surface area contributed by atoms with E-state index in [4.69, 9.17) is 10.5 Å². The maximum atomic E-state index is 11.1. The second-order valence-corrected chi connectivity index (χ2v) is 2.84. The zero-order valence-electron chi connectivity index (χ0n) is 7.39. The first-order valence-electron chi connectivity index (χ1n) is 3.98. The fraction of sp³-hybridized carbons (Fsp3) is 0.444. The number of cyclic esters (lactones) is 1. The first kappa shape index (κ1) is 8.84. The Morgan fingerprint density at radius 3 is 2.92 bits per heavy atom. The highest BCUT2D eigenvalue weighted by Gasteiger charge is 2.21. The summed E-state index contributed by atoms with van der Waals surface area (Å²) in [6.45, 7) is 4.18. The van der Waals surface area contributed by atoms with Crippen molar-refractivity contribution < 1.29 is 9.53 Å². The number of esters is 1. The van der Waals surface area contributed by atoms with E-state index in [0.29, 0.717) is 17.9 Å². The molecule has 1 aliphatic rings. The van der Waals surface area contributed by atoms with Crippen LogP contribution in [0.2, 0.25) is 0 Å². The van der Waals surface area contributed by atoms with Crippen molar-refractivity contribution in [3.63, 3.8) is 0 Å². The Kier molecular flexibility index (Phi) is 2.53. The van der Waals surface area contributed by atoms with Gasteiger partial charge >= 0.3 is 5.97 Å². The van der Waals surface area contributed by atoms with Crippen LogP contribution < -0.4 is 5.73 Å². The molecule has 0 fully saturated rings. The molecule has 2 N–H and O–H groups in total. The van der Waals surface area contributed by atoms with Crippen LogP contribution in [0.25, 0.3) is 0 Å². The summed E-state index contributed by atoms with van der Waals surface area (Å²) in [5.41, 5.74) is 7.77. The maximum absolute atomic E-state index is 11.1. The molecule has 1 heterocycles. The second kappa shape index (κ2) is 3.43. The van der Waals surface area contributed by atoms with E-state index in [0.717, 1.165) is 12.0 Å². The van der Waals surface area contributed by atoms with Gasteiger partial charge in [0.15, 0.2) is 0 Å². The van der Waals surface area contributed by atoms with E-state index < -0.39 is 0 Å². The lowest BCUT2D eigenvalue weighted by molar-refractivity contribution is -0.135. The van der Waals surface area contributed by atoms with E-state index in [-0.39, 0.29) is 5.97 Å². The van der Waals surface area contributed by atoms with Crippen LogP contribution in [0.1, 0.15) is 20.3 Å². The van der Waals surface area contributed by atoms with Crippen molar-refractivity contribution >= 4 is 5.97 Å². The van der Waals surface area contributed by atoms with Gasteiger partial charge in [-0.2, -0.15) is 0 Å². The molecule has 0 aromatic carbocycles. The molecule has 3 heteroatoms. The minimum absolute atomic E-state index is 0.253. The van der Waals surface area contributed by atoms with E-state index in [1.165, 1.54) is 0 Å². The van der Waals surface area contributed by atoms with Gasteiger partial charge in [0.25, 0.3) is 0 Å². The highest BCUT2D eigenvalue weighted by molar-refractivity contribution is 5.94. The highest BCUT2D eigenvalue weighted by Crippen LogP contribution is 2.19. The fourth-order valence-corrected chi connectivity index (χ4v) is 1.13. The average molecular weight is 167 g/mol. The molecule has 0 aromatic heterocycles. The van der Waals surface area contributed by atoms with Crippen molar-refractivity contribution in [3.05, 3.63) is 22.9 Å². The largest absolute Gasteiger partial charge is 0.458 e. The zero-order chi connectivity index (χ0) is 9.14. The van der Waals surface area contributed by atoms with Crippen molar-refractivity contribution in [2.24, 2.45) is 5.73 Å². The number of carbonyl (C=O) groups excluding carboxylic acids is 1. The van der Waals surface area contributed by atoms with Gasteiger partial charge in [0, 0.05) is 5.70 Å². The predicted octanol–water partition coefficient (Wildman–Crippen LogP) is 1.11. The van der Waals surface area contributed by atoms with Crippen molar-refractivity contribution in [1.29, 1.82) is 0 Å². The van der Waals surface area contributed by atoms with Gasteiger partial charge in [0.1, 0.15) is 6.61 Å². The topological polar surface area (TPSA) is 52.3 Å². The minimum Gasteiger partial charge on any atom is -0.458 e. The quantitative estimate of drug-likeness (QED) is 0.627. The second-order valence-electron chi connectivity index (χ2n) is 2.84. The normalized spacial score (nSPS) is 18.5. The van der Waals surface area contributed by atoms with E-state index in [1.807, 2.05) is 6.92 Å². The van der Waals surface area contributed by atoms with Gasteiger partial charge in [-0.25, -0.2) is 4.79 Å². The Labute approximate surface area is 71.9 Å². The predicted molar refractivity (Wildman–Crippen MR) is 46.2 cm³/mol. The summed E-state index contributed by atoms with van der Waals surface area (Å²) in [4.78, 5) is 11.1. The molecule has 0 saturated heterocycles. The highest BCUT2D eigenvalue weighted by atomic mass is 16.5. The molecule has 0 amide bonds. The number of carbonyl (C=O) groups is 1. The van der Waals surface area contributed by atoms with E-state index >= 15 is 0 Å². The summed E-state index contributed by atoms with van der Waals surface area (Å²) in [5.74, 6) is -0.253. The van der Waals surface area contributed by atoms with Gasteiger partial charge in [0.05, 0.1) is 5.57 Å². The van der Waals surface area contributed by atoms with E-state index in [9.17, 15) is 4.79 Å². The molecule has 12 heavy (non-hydrogen) atoms. The number of ether oxygens (including phenoxy) is 1. The number of hydrogen-bond acceptors (Lipinski definition) is 3. The number of allylic oxidation sites excluding steroid dienone is 1. The lowest BCUT2D eigenvalue weighted by Gasteiger charge is -1.94. The Balaban J connectivity index is 2.96. The molecule has 0 radical (unpaired) electrons. The van der Waals surface area contributed by atoms with Gasteiger partial charge in [-0.15, -0.1) is 0 Å². The van der Waals surface area contributed by atoms with Crippen molar-refractivity contribution in [2.45, 2.75) is 20.3 Å². The smallest absolute Gasteiger partial charge is 0.338 e. The molecule has 0 aromatic rings. The summed E-state index contributed by atoms with van der Waals surface area (Å²) in [7, 11) is 0. The number of nitrogens with two attached hydrogens (primary N) is 1. The Bertz CT molecular complexity index is 260. The van der Waals surface area contributed by atoms with Crippen LogP contribution in [-0.2, 0) is 9.53 Å². The molecular weight excluding hydrogens is 154 g/mol. The molecule has 0 unspecified atom stereocenters. The first-order valence-corrected chi connectivity index (χ1v) is 3.98. The zero-order valence-corrected chi connectivity index (χ0v) is 7.39. The van der Waals surface area contributed by atoms with Gasteiger partial charge < -0.3 is 10.5 Å². The molecule has 0 bridgehead atoms. The summed E-state index contributed by atoms with van der Waals surface area (Å²) >= 11 is 0. The summed E-state index contributed by atoms with van der Waals surface area (Å²) < 4.78 is 4.86. The van der Waals surface area contributed by atoms with Crippen LogP contribution in [0.15, 0.2) is 22.9 Å². The van der Waals surface area contributed by atoms with Crippen LogP contribution >= 0.6 is 0 Å². The van der Waals surface area contributed by atoms with Crippen molar-refractivity contribution in [2.75, 3.05) is 6.61 Å². The molecule has 66 valence electrons. The van der Waals surface area contributed by atoms with Crippen LogP contribution in [0.3, 0.4) is 0 Å². The summed E-state index contributed by atoms with van der Waals surface area (Å²) in [5, 5.41) is 0. The number of rotatable bonds is 2. The Hall–Kier alpha value is -1.25. The van der Waals surface area contributed by atoms with E-state index in [2.05, 4.69) is 0 Å². The minimum atomic E-state index is -0.253. The molecule has 0 atom stereocenters. The molecular formula is C9H13NO2. The maximum Gasteiger partial charge on any atom is 0.338 e. The molecule has 0 aliphatic carbocycles. The SMILES string of the molecule is CCC1=C(/C=C(\C)N)C(=O)OC1. The third-order valence-electron chi connectivity index (χ3n) is 1.78.